The summed E-state index contributed by atoms with van der Waals surface area (Å²) in [6, 6.07) is 4.27. The van der Waals surface area contributed by atoms with Gasteiger partial charge < -0.3 is 0 Å². The second-order valence-electron chi connectivity index (χ2n) is 4.54. The van der Waals surface area contributed by atoms with Crippen molar-refractivity contribution in [3.63, 3.8) is 0 Å². The molecule has 0 saturated carbocycles. The molecule has 0 fully saturated rings. The van der Waals surface area contributed by atoms with Gasteiger partial charge in [-0.25, -0.2) is 4.99 Å². The maximum atomic E-state index is 11.9. The summed E-state index contributed by atoms with van der Waals surface area (Å²) in [6.45, 7) is 8.30. The molecule has 0 N–H and O–H groups in total. The molecule has 0 unspecified atom stereocenters. The van der Waals surface area contributed by atoms with Crippen LogP contribution in [0, 0.1) is 20.8 Å². The molecule has 1 heterocycles. The highest BCUT2D eigenvalue weighted by Crippen LogP contribution is 2.31. The molecule has 0 saturated heterocycles. The first kappa shape index (κ1) is 14.4. The van der Waals surface area contributed by atoms with Crippen molar-refractivity contribution in [1.82, 2.24) is 0 Å². The number of aliphatic imine (C=N–C) groups is 1. The fourth-order valence-electron chi connectivity index (χ4n) is 2.13. The van der Waals surface area contributed by atoms with E-state index < -0.39 is 0 Å². The van der Waals surface area contributed by atoms with Crippen molar-refractivity contribution in [2.24, 2.45) is 4.99 Å². The normalized spacial score (nSPS) is 17.2. The van der Waals surface area contributed by atoms with Crippen LogP contribution in [0.25, 0.3) is 6.08 Å². The molecule has 0 amide bonds. The molecule has 1 aromatic rings. The second-order valence-corrected chi connectivity index (χ2v) is 7.01. The van der Waals surface area contributed by atoms with Gasteiger partial charge in [0, 0.05) is 0 Å². The highest BCUT2D eigenvalue weighted by Gasteiger charge is 2.22. The number of carbonyl (C=O) groups excluding carboxylic acids is 1. The molecule has 0 aliphatic carbocycles. The van der Waals surface area contributed by atoms with E-state index in [-0.39, 0.29) is 5.12 Å². The number of thioether (sulfide) groups is 2. The lowest BCUT2D eigenvalue weighted by Crippen LogP contribution is -1.92. The zero-order valence-corrected chi connectivity index (χ0v) is 13.2. The molecule has 19 heavy (non-hydrogen) atoms. The van der Waals surface area contributed by atoms with E-state index in [1.54, 1.807) is 11.8 Å². The van der Waals surface area contributed by atoms with Crippen molar-refractivity contribution in [3.05, 3.63) is 40.1 Å². The Balaban J connectivity index is 2.39. The van der Waals surface area contributed by atoms with E-state index in [0.29, 0.717) is 5.70 Å². The molecule has 2 nitrogen and oxygen atoms in total. The van der Waals surface area contributed by atoms with Crippen LogP contribution in [0.3, 0.4) is 0 Å². The van der Waals surface area contributed by atoms with Gasteiger partial charge in [0.2, 0.25) is 5.12 Å². The van der Waals surface area contributed by atoms with Gasteiger partial charge in [-0.1, -0.05) is 36.4 Å². The van der Waals surface area contributed by atoms with E-state index >= 15 is 0 Å². The van der Waals surface area contributed by atoms with Gasteiger partial charge in [-0.3, -0.25) is 4.79 Å². The highest BCUT2D eigenvalue weighted by molar-refractivity contribution is 8.45. The van der Waals surface area contributed by atoms with Crippen molar-refractivity contribution >= 4 is 39.1 Å². The number of aryl methyl sites for hydroxylation is 3. The minimum absolute atomic E-state index is 0.0512. The van der Waals surface area contributed by atoms with E-state index in [0.717, 1.165) is 15.7 Å². The Labute approximate surface area is 122 Å². The maximum Gasteiger partial charge on any atom is 0.244 e. The highest BCUT2D eigenvalue weighted by atomic mass is 32.2. The molecule has 100 valence electrons. The summed E-state index contributed by atoms with van der Waals surface area (Å²) in [5.41, 5.74) is 5.30. The smallest absolute Gasteiger partial charge is 0.244 e. The van der Waals surface area contributed by atoms with Crippen LogP contribution in [0.15, 0.2) is 22.8 Å². The van der Waals surface area contributed by atoms with E-state index in [1.807, 2.05) is 6.08 Å². The number of rotatable bonds is 2. The number of carbonyl (C=O) groups is 1. The van der Waals surface area contributed by atoms with Gasteiger partial charge >= 0.3 is 0 Å². The third kappa shape index (κ3) is 3.31. The van der Waals surface area contributed by atoms with Gasteiger partial charge in [-0.05, 0) is 61.1 Å². The van der Waals surface area contributed by atoms with Crippen molar-refractivity contribution in [2.45, 2.75) is 27.7 Å². The van der Waals surface area contributed by atoms with Gasteiger partial charge in [0.05, 0.1) is 0 Å². The fourth-order valence-corrected chi connectivity index (χ4v) is 3.87. The van der Waals surface area contributed by atoms with Gasteiger partial charge in [0.1, 0.15) is 10.1 Å². The summed E-state index contributed by atoms with van der Waals surface area (Å²) in [6.07, 6.45) is 1.92. The molecule has 4 heteroatoms. The summed E-state index contributed by atoms with van der Waals surface area (Å²) in [7, 11) is 0. The van der Waals surface area contributed by atoms with Crippen molar-refractivity contribution in [2.75, 3.05) is 5.75 Å². The topological polar surface area (TPSA) is 29.4 Å². The first-order valence-electron chi connectivity index (χ1n) is 6.24. The standard InChI is InChI=1S/C15H17NOS2/c1-5-18-15-16-13(14(17)19-15)8-12-10(3)6-9(2)7-11(12)4/h6-8H,5H2,1-4H3/b13-8+. The van der Waals surface area contributed by atoms with Crippen LogP contribution in [0.5, 0.6) is 0 Å². The fraction of sp³-hybridized carbons (Fsp3) is 0.333. The zero-order chi connectivity index (χ0) is 14.0. The molecule has 1 aliphatic heterocycles. The number of benzene rings is 1. The van der Waals surface area contributed by atoms with Gasteiger partial charge in [0.15, 0.2) is 0 Å². The minimum atomic E-state index is 0.0512. The maximum absolute atomic E-state index is 11.9. The van der Waals surface area contributed by atoms with Crippen LogP contribution >= 0.6 is 23.5 Å². The Bertz CT molecular complexity index is 565. The third-order valence-corrected chi connectivity index (χ3v) is 4.78. The largest absolute Gasteiger partial charge is 0.279 e. The average molecular weight is 291 g/mol. The lowest BCUT2D eigenvalue weighted by Gasteiger charge is -2.07. The van der Waals surface area contributed by atoms with Crippen LogP contribution in [-0.2, 0) is 4.79 Å². The monoisotopic (exact) mass is 291 g/mol. The van der Waals surface area contributed by atoms with E-state index in [1.165, 1.54) is 28.5 Å². The first-order valence-corrected chi connectivity index (χ1v) is 8.04. The molecular formula is C15H17NOS2. The summed E-state index contributed by atoms with van der Waals surface area (Å²) >= 11 is 2.86. The molecule has 2 rings (SSSR count). The Morgan fingerprint density at radius 3 is 2.47 bits per heavy atom. The minimum Gasteiger partial charge on any atom is -0.279 e. The Kier molecular flexibility index (Phi) is 4.53. The van der Waals surface area contributed by atoms with E-state index in [2.05, 4.69) is 44.8 Å². The van der Waals surface area contributed by atoms with Crippen molar-refractivity contribution in [1.29, 1.82) is 0 Å². The van der Waals surface area contributed by atoms with Crippen molar-refractivity contribution < 1.29 is 4.79 Å². The van der Waals surface area contributed by atoms with Gasteiger partial charge in [-0.15, -0.1) is 0 Å². The summed E-state index contributed by atoms with van der Waals surface area (Å²) in [5, 5.41) is 0.0512. The van der Waals surface area contributed by atoms with E-state index in [4.69, 9.17) is 0 Å². The van der Waals surface area contributed by atoms with Crippen LogP contribution in [-0.4, -0.2) is 15.2 Å². The van der Waals surface area contributed by atoms with Crippen LogP contribution < -0.4 is 0 Å². The predicted molar refractivity (Wildman–Crippen MR) is 86.8 cm³/mol. The Morgan fingerprint density at radius 2 is 1.89 bits per heavy atom. The van der Waals surface area contributed by atoms with Gasteiger partial charge in [-0.2, -0.15) is 0 Å². The quantitative estimate of drug-likeness (QED) is 0.759. The Morgan fingerprint density at radius 1 is 1.26 bits per heavy atom. The molecule has 0 radical (unpaired) electrons. The van der Waals surface area contributed by atoms with Crippen molar-refractivity contribution in [3.8, 4) is 0 Å². The van der Waals surface area contributed by atoms with Crippen LogP contribution in [0.2, 0.25) is 0 Å². The van der Waals surface area contributed by atoms with Crippen LogP contribution in [0.4, 0.5) is 0 Å². The molecular weight excluding hydrogens is 274 g/mol. The molecule has 0 atom stereocenters. The summed E-state index contributed by atoms with van der Waals surface area (Å²) in [4.78, 5) is 16.3. The first-order chi connectivity index (χ1) is 9.01. The number of hydrogen-bond acceptors (Lipinski definition) is 4. The summed E-state index contributed by atoms with van der Waals surface area (Å²) in [5.74, 6) is 0.939. The zero-order valence-electron chi connectivity index (χ0n) is 11.6. The summed E-state index contributed by atoms with van der Waals surface area (Å²) < 4.78 is 0.862. The average Bonchev–Trinajstić information content (AvgIpc) is 2.64. The van der Waals surface area contributed by atoms with Crippen LogP contribution in [0.1, 0.15) is 29.2 Å². The third-order valence-electron chi connectivity index (χ3n) is 2.89. The second kappa shape index (κ2) is 5.97. The van der Waals surface area contributed by atoms with Gasteiger partial charge in [0.25, 0.3) is 0 Å². The number of hydrogen-bond donors (Lipinski definition) is 0. The predicted octanol–water partition coefficient (Wildman–Crippen LogP) is 4.34. The molecule has 1 aliphatic rings. The lowest BCUT2D eigenvalue weighted by molar-refractivity contribution is -0.107. The SMILES string of the molecule is CCSC1=N/C(=C/c2c(C)cc(C)cc2C)C(=O)S1. The molecule has 0 bridgehead atoms. The Hall–Kier alpha value is -1.000. The molecule has 0 aromatic heterocycles. The molecule has 0 spiro atoms. The number of nitrogens with zero attached hydrogens (tertiary/aromatic N) is 1. The lowest BCUT2D eigenvalue weighted by atomic mass is 9.99. The molecule has 1 aromatic carbocycles. The van der Waals surface area contributed by atoms with E-state index in [9.17, 15) is 4.79 Å².